The molecule has 0 saturated heterocycles. The Morgan fingerprint density at radius 1 is 1.24 bits per heavy atom. The van der Waals surface area contributed by atoms with Crippen molar-refractivity contribution in [3.8, 4) is 11.4 Å². The van der Waals surface area contributed by atoms with Gasteiger partial charge in [0.05, 0.1) is 5.75 Å². The highest BCUT2D eigenvalue weighted by Gasteiger charge is 2.22. The molecule has 1 aliphatic carbocycles. The van der Waals surface area contributed by atoms with Crippen LogP contribution in [0.25, 0.3) is 11.4 Å². The van der Waals surface area contributed by atoms with Crippen molar-refractivity contribution < 1.29 is 4.52 Å². The topological polar surface area (TPSA) is 76.7 Å². The van der Waals surface area contributed by atoms with Crippen LogP contribution in [-0.4, -0.2) is 26.4 Å². The van der Waals surface area contributed by atoms with Crippen LogP contribution in [0.1, 0.15) is 44.1 Å². The predicted molar refractivity (Wildman–Crippen MR) is 99.9 cm³/mol. The normalized spacial score (nSPS) is 14.2. The van der Waals surface area contributed by atoms with Gasteiger partial charge in [0.15, 0.2) is 4.34 Å². The van der Waals surface area contributed by atoms with Gasteiger partial charge >= 0.3 is 0 Å². The first kappa shape index (κ1) is 16.5. The molecule has 0 atom stereocenters. The first-order valence-corrected chi connectivity index (χ1v) is 10.1. The van der Waals surface area contributed by atoms with Crippen molar-refractivity contribution in [1.82, 2.24) is 20.3 Å². The van der Waals surface area contributed by atoms with E-state index in [1.165, 1.54) is 18.4 Å². The van der Waals surface area contributed by atoms with E-state index >= 15 is 0 Å². The van der Waals surface area contributed by atoms with E-state index in [2.05, 4.69) is 51.6 Å². The molecule has 0 radical (unpaired) electrons. The molecule has 0 spiro atoms. The number of anilines is 1. The molecule has 6 nitrogen and oxygen atoms in total. The third kappa shape index (κ3) is 4.19. The van der Waals surface area contributed by atoms with Gasteiger partial charge in [-0.2, -0.15) is 4.98 Å². The lowest BCUT2D eigenvalue weighted by molar-refractivity contribution is 0.391. The molecule has 4 rings (SSSR count). The van der Waals surface area contributed by atoms with Crippen LogP contribution in [0.15, 0.2) is 33.1 Å². The number of thioether (sulfide) groups is 1. The van der Waals surface area contributed by atoms with Crippen LogP contribution in [0.3, 0.4) is 0 Å². The molecule has 0 unspecified atom stereocenters. The van der Waals surface area contributed by atoms with Crippen LogP contribution in [0, 0.1) is 0 Å². The third-order valence-electron chi connectivity index (χ3n) is 3.93. The zero-order chi connectivity index (χ0) is 17.2. The first-order valence-electron chi connectivity index (χ1n) is 8.33. The van der Waals surface area contributed by atoms with Crippen molar-refractivity contribution in [3.05, 3.63) is 35.7 Å². The summed E-state index contributed by atoms with van der Waals surface area (Å²) < 4.78 is 6.27. The summed E-state index contributed by atoms with van der Waals surface area (Å²) in [5.74, 6) is 2.33. The minimum absolute atomic E-state index is 0.512. The van der Waals surface area contributed by atoms with E-state index in [0.717, 1.165) is 15.0 Å². The Bertz CT molecular complexity index is 839. The van der Waals surface area contributed by atoms with Crippen molar-refractivity contribution >= 4 is 28.2 Å². The second kappa shape index (κ2) is 7.13. The molecule has 2 aromatic heterocycles. The molecule has 1 aliphatic rings. The Morgan fingerprint density at radius 3 is 2.76 bits per heavy atom. The van der Waals surface area contributed by atoms with Crippen LogP contribution >= 0.6 is 23.1 Å². The van der Waals surface area contributed by atoms with Gasteiger partial charge in [-0.3, -0.25) is 0 Å². The minimum atomic E-state index is 0.512. The van der Waals surface area contributed by atoms with Crippen molar-refractivity contribution in [2.45, 2.75) is 48.7 Å². The Hall–Kier alpha value is -1.93. The maximum atomic E-state index is 5.36. The Kier molecular flexibility index (Phi) is 4.72. The van der Waals surface area contributed by atoms with Gasteiger partial charge in [-0.05, 0) is 24.3 Å². The molecule has 3 aromatic rings. The van der Waals surface area contributed by atoms with E-state index in [-0.39, 0.29) is 0 Å². The van der Waals surface area contributed by atoms with Gasteiger partial charge < -0.3 is 9.84 Å². The second-order valence-electron chi connectivity index (χ2n) is 6.37. The van der Waals surface area contributed by atoms with Crippen LogP contribution in [-0.2, 0) is 5.75 Å². The summed E-state index contributed by atoms with van der Waals surface area (Å²) >= 11 is 3.13. The van der Waals surface area contributed by atoms with Crippen LogP contribution < -0.4 is 5.32 Å². The molecule has 0 aliphatic heterocycles. The molecule has 2 heterocycles. The maximum absolute atomic E-state index is 5.36. The lowest BCUT2D eigenvalue weighted by Crippen LogP contribution is -1.99. The highest BCUT2D eigenvalue weighted by atomic mass is 32.2. The molecule has 8 heteroatoms. The summed E-state index contributed by atoms with van der Waals surface area (Å²) in [6, 6.07) is 8.89. The molecular formula is C17H19N5OS2. The highest BCUT2D eigenvalue weighted by molar-refractivity contribution is 8.00. The van der Waals surface area contributed by atoms with Gasteiger partial charge in [-0.1, -0.05) is 66.4 Å². The standard InChI is InChI=1S/C17H19N5OS2/c1-10(2)11-3-5-12(6-4-11)15-19-14(23-22-15)9-24-17-21-20-16(25-17)18-13-7-8-13/h3-6,10,13H,7-9H2,1-2H3,(H,18,20). The third-order valence-corrected chi connectivity index (χ3v) is 5.91. The Labute approximate surface area is 154 Å². The fourth-order valence-electron chi connectivity index (χ4n) is 2.30. The molecule has 130 valence electrons. The number of nitrogens with one attached hydrogen (secondary N) is 1. The van der Waals surface area contributed by atoms with E-state index in [9.17, 15) is 0 Å². The average molecular weight is 374 g/mol. The molecule has 0 amide bonds. The molecule has 1 N–H and O–H groups in total. The molecule has 0 bridgehead atoms. The molecule has 25 heavy (non-hydrogen) atoms. The van der Waals surface area contributed by atoms with Gasteiger partial charge in [0.25, 0.3) is 0 Å². The fourth-order valence-corrected chi connectivity index (χ4v) is 3.97. The Morgan fingerprint density at radius 2 is 2.04 bits per heavy atom. The SMILES string of the molecule is CC(C)c1ccc(-c2noc(CSc3nnc(NC4CC4)s3)n2)cc1. The lowest BCUT2D eigenvalue weighted by atomic mass is 10.0. The number of hydrogen-bond acceptors (Lipinski definition) is 8. The molecule has 1 saturated carbocycles. The molecular weight excluding hydrogens is 354 g/mol. The number of benzene rings is 1. The minimum Gasteiger partial charge on any atom is -0.357 e. The summed E-state index contributed by atoms with van der Waals surface area (Å²) in [7, 11) is 0. The average Bonchev–Trinajstić information content (AvgIpc) is 3.11. The van der Waals surface area contributed by atoms with Crippen LogP contribution in [0.5, 0.6) is 0 Å². The van der Waals surface area contributed by atoms with Crippen molar-refractivity contribution in [2.75, 3.05) is 5.32 Å². The van der Waals surface area contributed by atoms with Crippen molar-refractivity contribution in [3.63, 3.8) is 0 Å². The monoisotopic (exact) mass is 373 g/mol. The fraction of sp³-hybridized carbons (Fsp3) is 0.412. The number of hydrogen-bond donors (Lipinski definition) is 1. The maximum Gasteiger partial charge on any atom is 0.237 e. The number of nitrogens with zero attached hydrogens (tertiary/aromatic N) is 4. The number of aromatic nitrogens is 4. The second-order valence-corrected chi connectivity index (χ2v) is 8.57. The largest absolute Gasteiger partial charge is 0.357 e. The van der Waals surface area contributed by atoms with Gasteiger partial charge in [-0.25, -0.2) is 0 Å². The van der Waals surface area contributed by atoms with Crippen molar-refractivity contribution in [2.24, 2.45) is 0 Å². The van der Waals surface area contributed by atoms with Crippen LogP contribution in [0.2, 0.25) is 0 Å². The van der Waals surface area contributed by atoms with Gasteiger partial charge in [0, 0.05) is 11.6 Å². The summed E-state index contributed by atoms with van der Waals surface area (Å²) in [6.07, 6.45) is 2.45. The van der Waals surface area contributed by atoms with E-state index in [4.69, 9.17) is 4.52 Å². The van der Waals surface area contributed by atoms with E-state index < -0.39 is 0 Å². The molecule has 1 fully saturated rings. The first-order chi connectivity index (χ1) is 12.2. The summed E-state index contributed by atoms with van der Waals surface area (Å²) in [4.78, 5) is 4.48. The summed E-state index contributed by atoms with van der Waals surface area (Å²) in [5, 5.41) is 16.7. The van der Waals surface area contributed by atoms with Crippen LogP contribution in [0.4, 0.5) is 5.13 Å². The predicted octanol–water partition coefficient (Wildman–Crippen LogP) is 4.58. The summed E-state index contributed by atoms with van der Waals surface area (Å²) in [6.45, 7) is 4.36. The van der Waals surface area contributed by atoms with E-state index in [1.54, 1.807) is 23.1 Å². The quantitative estimate of drug-likeness (QED) is 0.607. The highest BCUT2D eigenvalue weighted by Crippen LogP contribution is 2.31. The van der Waals surface area contributed by atoms with Gasteiger partial charge in [0.1, 0.15) is 0 Å². The van der Waals surface area contributed by atoms with Gasteiger partial charge in [0.2, 0.25) is 16.8 Å². The number of rotatable bonds is 7. The lowest BCUT2D eigenvalue weighted by Gasteiger charge is -2.04. The van der Waals surface area contributed by atoms with Crippen molar-refractivity contribution in [1.29, 1.82) is 0 Å². The zero-order valence-corrected chi connectivity index (χ0v) is 15.7. The van der Waals surface area contributed by atoms with Gasteiger partial charge in [-0.15, -0.1) is 10.2 Å². The Balaban J connectivity index is 1.36. The zero-order valence-electron chi connectivity index (χ0n) is 14.1. The summed E-state index contributed by atoms with van der Waals surface area (Å²) in [5.41, 5.74) is 2.27. The van der Waals surface area contributed by atoms with E-state index in [0.29, 0.717) is 29.4 Å². The smallest absolute Gasteiger partial charge is 0.237 e. The molecule has 1 aromatic carbocycles. The van der Waals surface area contributed by atoms with E-state index in [1.807, 2.05) is 12.1 Å².